The summed E-state index contributed by atoms with van der Waals surface area (Å²) < 4.78 is 0. The van der Waals surface area contributed by atoms with E-state index in [1.54, 1.807) is 0 Å². The van der Waals surface area contributed by atoms with Gasteiger partial charge in [0, 0.05) is 31.5 Å². The Kier molecular flexibility index (Phi) is 3.71. The minimum atomic E-state index is 0.509. The Labute approximate surface area is 79.6 Å². The molecule has 0 spiro atoms. The Balaban J connectivity index is 2.86. The number of aromatic nitrogens is 1. The zero-order valence-electron chi connectivity index (χ0n) is 8.33. The summed E-state index contributed by atoms with van der Waals surface area (Å²) in [6, 6.07) is 4.07. The van der Waals surface area contributed by atoms with Gasteiger partial charge in [-0.1, -0.05) is 0 Å². The Bertz CT molecular complexity index is 256. The van der Waals surface area contributed by atoms with Crippen molar-refractivity contribution in [1.82, 2.24) is 4.98 Å². The third kappa shape index (κ3) is 2.42. The molecule has 1 heterocycles. The van der Waals surface area contributed by atoms with E-state index in [1.165, 1.54) is 5.69 Å². The lowest BCUT2D eigenvalue weighted by Crippen LogP contribution is -2.22. The van der Waals surface area contributed by atoms with Crippen molar-refractivity contribution in [2.24, 2.45) is 5.73 Å². The van der Waals surface area contributed by atoms with Crippen molar-refractivity contribution in [3.63, 3.8) is 0 Å². The van der Waals surface area contributed by atoms with Crippen LogP contribution >= 0.6 is 0 Å². The van der Waals surface area contributed by atoms with Gasteiger partial charge in [-0.2, -0.15) is 0 Å². The van der Waals surface area contributed by atoms with Crippen LogP contribution in [0.15, 0.2) is 18.3 Å². The number of hydrogen-bond donors (Lipinski definition) is 1. The standard InChI is InChI=1S/C10H17N3/c1-3-13(4-2)10-5-6-12-9(7-10)8-11/h5-7H,3-4,8,11H2,1-2H3. The number of rotatable bonds is 4. The number of nitrogens with two attached hydrogens (primary N) is 1. The Morgan fingerprint density at radius 3 is 2.62 bits per heavy atom. The van der Waals surface area contributed by atoms with Crippen LogP contribution in [0.2, 0.25) is 0 Å². The van der Waals surface area contributed by atoms with Crippen molar-refractivity contribution in [1.29, 1.82) is 0 Å². The number of nitrogens with zero attached hydrogens (tertiary/aromatic N) is 2. The van der Waals surface area contributed by atoms with Crippen molar-refractivity contribution >= 4 is 5.69 Å². The highest BCUT2D eigenvalue weighted by atomic mass is 15.1. The molecule has 3 nitrogen and oxygen atoms in total. The number of anilines is 1. The second kappa shape index (κ2) is 4.82. The fourth-order valence-electron chi connectivity index (χ4n) is 1.36. The fourth-order valence-corrected chi connectivity index (χ4v) is 1.36. The molecule has 0 aliphatic carbocycles. The molecule has 0 amide bonds. The first-order valence-corrected chi connectivity index (χ1v) is 4.71. The summed E-state index contributed by atoms with van der Waals surface area (Å²) in [5.74, 6) is 0. The summed E-state index contributed by atoms with van der Waals surface area (Å²) >= 11 is 0. The summed E-state index contributed by atoms with van der Waals surface area (Å²) in [6.07, 6.45) is 1.82. The van der Waals surface area contributed by atoms with E-state index >= 15 is 0 Å². The second-order valence-corrected chi connectivity index (χ2v) is 2.88. The van der Waals surface area contributed by atoms with Gasteiger partial charge in [0.15, 0.2) is 0 Å². The predicted molar refractivity (Wildman–Crippen MR) is 55.7 cm³/mol. The Morgan fingerprint density at radius 2 is 2.08 bits per heavy atom. The van der Waals surface area contributed by atoms with E-state index in [0.29, 0.717) is 6.54 Å². The van der Waals surface area contributed by atoms with Crippen LogP contribution in [0.1, 0.15) is 19.5 Å². The topological polar surface area (TPSA) is 42.2 Å². The zero-order valence-corrected chi connectivity index (χ0v) is 8.33. The van der Waals surface area contributed by atoms with Gasteiger partial charge in [-0.3, -0.25) is 4.98 Å². The van der Waals surface area contributed by atoms with Crippen molar-refractivity contribution in [3.8, 4) is 0 Å². The van der Waals surface area contributed by atoms with E-state index in [4.69, 9.17) is 5.73 Å². The molecular weight excluding hydrogens is 162 g/mol. The van der Waals surface area contributed by atoms with Gasteiger partial charge >= 0.3 is 0 Å². The third-order valence-electron chi connectivity index (χ3n) is 2.14. The summed E-state index contributed by atoms with van der Waals surface area (Å²) in [5.41, 5.74) is 7.68. The van der Waals surface area contributed by atoms with Crippen molar-refractivity contribution < 1.29 is 0 Å². The SMILES string of the molecule is CCN(CC)c1ccnc(CN)c1. The Hall–Kier alpha value is -1.09. The molecule has 1 aromatic rings. The van der Waals surface area contributed by atoms with Crippen LogP contribution in [0.3, 0.4) is 0 Å². The third-order valence-corrected chi connectivity index (χ3v) is 2.14. The molecule has 0 aromatic carbocycles. The van der Waals surface area contributed by atoms with Crippen molar-refractivity contribution in [3.05, 3.63) is 24.0 Å². The van der Waals surface area contributed by atoms with Gasteiger partial charge in [0.2, 0.25) is 0 Å². The summed E-state index contributed by atoms with van der Waals surface area (Å²) in [7, 11) is 0. The minimum absolute atomic E-state index is 0.509. The van der Waals surface area contributed by atoms with Crippen molar-refractivity contribution in [2.75, 3.05) is 18.0 Å². The maximum atomic E-state index is 5.52. The molecule has 0 aliphatic rings. The molecule has 0 radical (unpaired) electrons. The average molecular weight is 179 g/mol. The molecule has 0 unspecified atom stereocenters. The molecule has 0 aliphatic heterocycles. The normalized spacial score (nSPS) is 10.1. The first kappa shape index (κ1) is 9.99. The first-order chi connectivity index (χ1) is 6.31. The highest BCUT2D eigenvalue weighted by molar-refractivity contribution is 5.46. The van der Waals surface area contributed by atoms with E-state index < -0.39 is 0 Å². The van der Waals surface area contributed by atoms with Crippen LogP contribution in [-0.2, 0) is 6.54 Å². The van der Waals surface area contributed by atoms with Gasteiger partial charge in [0.1, 0.15) is 0 Å². The molecule has 0 bridgehead atoms. The van der Waals surface area contributed by atoms with Gasteiger partial charge in [-0.25, -0.2) is 0 Å². The van der Waals surface area contributed by atoms with Crippen molar-refractivity contribution in [2.45, 2.75) is 20.4 Å². The summed E-state index contributed by atoms with van der Waals surface area (Å²) in [4.78, 5) is 6.44. The zero-order chi connectivity index (χ0) is 9.68. The molecule has 3 heteroatoms. The van der Waals surface area contributed by atoms with E-state index in [0.717, 1.165) is 18.8 Å². The molecule has 1 aromatic heterocycles. The smallest absolute Gasteiger partial charge is 0.0560 e. The molecule has 0 saturated carbocycles. The lowest BCUT2D eigenvalue weighted by molar-refractivity contribution is 0.859. The van der Waals surface area contributed by atoms with Gasteiger partial charge in [-0.05, 0) is 26.0 Å². The van der Waals surface area contributed by atoms with Gasteiger partial charge in [0.05, 0.1) is 5.69 Å². The van der Waals surface area contributed by atoms with Crippen LogP contribution in [0, 0.1) is 0 Å². The molecule has 72 valence electrons. The van der Waals surface area contributed by atoms with Gasteiger partial charge in [0.25, 0.3) is 0 Å². The van der Waals surface area contributed by atoms with Crippen LogP contribution in [-0.4, -0.2) is 18.1 Å². The van der Waals surface area contributed by atoms with E-state index in [9.17, 15) is 0 Å². The molecule has 2 N–H and O–H groups in total. The minimum Gasteiger partial charge on any atom is -0.372 e. The fraction of sp³-hybridized carbons (Fsp3) is 0.500. The molecule has 0 saturated heterocycles. The summed E-state index contributed by atoms with van der Waals surface area (Å²) in [5, 5.41) is 0. The maximum absolute atomic E-state index is 5.52. The molecule has 13 heavy (non-hydrogen) atoms. The number of hydrogen-bond acceptors (Lipinski definition) is 3. The first-order valence-electron chi connectivity index (χ1n) is 4.71. The van der Waals surface area contributed by atoms with E-state index in [-0.39, 0.29) is 0 Å². The average Bonchev–Trinajstić information content (AvgIpc) is 2.20. The second-order valence-electron chi connectivity index (χ2n) is 2.88. The van der Waals surface area contributed by atoms with Gasteiger partial charge < -0.3 is 10.6 Å². The maximum Gasteiger partial charge on any atom is 0.0560 e. The number of pyridine rings is 1. The lowest BCUT2D eigenvalue weighted by atomic mass is 10.3. The van der Waals surface area contributed by atoms with E-state index in [1.807, 2.05) is 18.3 Å². The molecule has 0 fully saturated rings. The van der Waals surface area contributed by atoms with Gasteiger partial charge in [-0.15, -0.1) is 0 Å². The Morgan fingerprint density at radius 1 is 1.38 bits per heavy atom. The van der Waals surface area contributed by atoms with Crippen LogP contribution in [0.25, 0.3) is 0 Å². The lowest BCUT2D eigenvalue weighted by Gasteiger charge is -2.21. The predicted octanol–water partition coefficient (Wildman–Crippen LogP) is 1.39. The quantitative estimate of drug-likeness (QED) is 0.759. The van der Waals surface area contributed by atoms with E-state index in [2.05, 4.69) is 23.7 Å². The highest BCUT2D eigenvalue weighted by Gasteiger charge is 2.01. The molecule has 0 atom stereocenters. The van der Waals surface area contributed by atoms with Crippen LogP contribution in [0.5, 0.6) is 0 Å². The van der Waals surface area contributed by atoms with Crippen LogP contribution in [0.4, 0.5) is 5.69 Å². The molecule has 1 rings (SSSR count). The summed E-state index contributed by atoms with van der Waals surface area (Å²) in [6.45, 7) is 6.84. The highest BCUT2D eigenvalue weighted by Crippen LogP contribution is 2.13. The molecular formula is C10H17N3. The largest absolute Gasteiger partial charge is 0.372 e. The monoisotopic (exact) mass is 179 g/mol. The van der Waals surface area contributed by atoms with Crippen LogP contribution < -0.4 is 10.6 Å².